The Kier molecular flexibility index (Phi) is 5.28. The minimum atomic E-state index is -4.32. The van der Waals surface area contributed by atoms with Crippen molar-refractivity contribution in [3.63, 3.8) is 0 Å². The number of epoxide rings is 1. The molecular weight excluding hydrogens is 478 g/mol. The first kappa shape index (κ1) is 22.5. The molecule has 1 aromatic heterocycles. The molecule has 0 spiro atoms. The van der Waals surface area contributed by atoms with Gasteiger partial charge in [0.2, 0.25) is 0 Å². The molecule has 178 valence electrons. The highest BCUT2D eigenvalue weighted by molar-refractivity contribution is 7.89. The van der Waals surface area contributed by atoms with Gasteiger partial charge in [-0.15, -0.1) is 0 Å². The highest BCUT2D eigenvalue weighted by Gasteiger charge is 2.46. The summed E-state index contributed by atoms with van der Waals surface area (Å²) in [5.74, 6) is -2.10. The molecule has 1 aromatic carbocycles. The van der Waals surface area contributed by atoms with E-state index in [9.17, 15) is 28.1 Å². The van der Waals surface area contributed by atoms with Gasteiger partial charge in [0.1, 0.15) is 17.2 Å². The number of nitrogens with zero attached hydrogens (tertiary/aromatic N) is 1. The summed E-state index contributed by atoms with van der Waals surface area (Å²) in [7, 11) is -4.32. The van der Waals surface area contributed by atoms with E-state index < -0.39 is 40.3 Å². The number of carbonyl (C=O) groups is 3. The van der Waals surface area contributed by atoms with Crippen LogP contribution in [0.1, 0.15) is 12.8 Å². The third-order valence-corrected chi connectivity index (χ3v) is 6.77. The van der Waals surface area contributed by atoms with Crippen molar-refractivity contribution in [2.75, 3.05) is 0 Å². The van der Waals surface area contributed by atoms with Crippen LogP contribution in [-0.2, 0) is 29.2 Å². The maximum Gasteiger partial charge on any atom is 0.290 e. The van der Waals surface area contributed by atoms with Crippen LogP contribution in [0.2, 0.25) is 0 Å². The molecule has 35 heavy (non-hydrogen) atoms. The Bertz CT molecular complexity index is 1640. The van der Waals surface area contributed by atoms with Gasteiger partial charge in [0.15, 0.2) is 12.5 Å². The first-order valence-electron chi connectivity index (χ1n) is 10.4. The number of nitrogens with one attached hydrogen (secondary N) is 4. The summed E-state index contributed by atoms with van der Waals surface area (Å²) in [6, 6.07) is 8.53. The van der Waals surface area contributed by atoms with E-state index in [1.54, 1.807) is 24.3 Å². The van der Waals surface area contributed by atoms with E-state index in [0.717, 1.165) is 0 Å². The molecule has 2 saturated heterocycles. The third-order valence-electron chi connectivity index (χ3n) is 5.76. The van der Waals surface area contributed by atoms with Crippen LogP contribution >= 0.6 is 0 Å². The highest BCUT2D eigenvalue weighted by atomic mass is 32.2. The molecule has 2 unspecified atom stereocenters. The number of carbonyl (C=O) groups excluding carboxylic acids is 3. The van der Waals surface area contributed by atoms with E-state index in [1.807, 2.05) is 6.07 Å². The standard InChI is InChI=1S/C22H17N5O7S/c23-9-14(18(28)24-10-5-7-11(8-6-10)35(31,32)33)16-12-3-1-2-4-13(12)17(25-16)15-19(29)26-21-22(34-21)27-20(15)30/h1-5,7,21-22,25H,6,8H2,(H,24,28)(H,26,29)(H,27,30)(H,31,32,33)/b16-14-,17-15?. The Morgan fingerprint density at radius 3 is 2.31 bits per heavy atom. The number of aromatic nitrogens is 1. The van der Waals surface area contributed by atoms with Gasteiger partial charge in [0, 0.05) is 16.5 Å². The van der Waals surface area contributed by atoms with Crippen molar-refractivity contribution < 1.29 is 32.1 Å². The Balaban J connectivity index is 1.62. The number of allylic oxidation sites excluding steroid dienone is 4. The summed E-state index contributed by atoms with van der Waals surface area (Å²) < 4.78 is 36.8. The normalized spacial score (nSPS) is 22.6. The van der Waals surface area contributed by atoms with Crippen LogP contribution in [-0.4, -0.2) is 48.1 Å². The first-order valence-corrected chi connectivity index (χ1v) is 11.8. The van der Waals surface area contributed by atoms with Crippen LogP contribution in [0.5, 0.6) is 0 Å². The lowest BCUT2D eigenvalue weighted by molar-refractivity contribution is -0.121. The predicted molar refractivity (Wildman–Crippen MR) is 120 cm³/mol. The molecule has 13 heteroatoms. The minimum absolute atomic E-state index is 0.0172. The van der Waals surface area contributed by atoms with Gasteiger partial charge in [0.25, 0.3) is 27.8 Å². The number of hydrogen-bond donors (Lipinski definition) is 5. The van der Waals surface area contributed by atoms with E-state index in [1.165, 1.54) is 12.2 Å². The molecule has 3 aliphatic rings. The smallest absolute Gasteiger partial charge is 0.290 e. The van der Waals surface area contributed by atoms with Gasteiger partial charge in [0.05, 0.1) is 15.6 Å². The van der Waals surface area contributed by atoms with Crippen LogP contribution in [0.25, 0.3) is 21.9 Å². The maximum absolute atomic E-state index is 13.0. The van der Waals surface area contributed by atoms with Gasteiger partial charge in [-0.05, 0) is 25.0 Å². The molecule has 0 radical (unpaired) electrons. The summed E-state index contributed by atoms with van der Waals surface area (Å²) in [5.41, 5.74) is -0.166. The SMILES string of the molecule is N#C/C(C(=O)NC1=CC=C(S(=O)(=O)O)CC1)=c1/[nH]c(=C2C(=O)NC3OC3NC2=O)c2ccccc12. The molecule has 0 saturated carbocycles. The number of hydrogen-bond acceptors (Lipinski definition) is 7. The second-order valence-corrected chi connectivity index (χ2v) is 9.44. The molecular formula is C22H17N5O7S. The Hall–Kier alpha value is -4.25. The van der Waals surface area contributed by atoms with E-state index in [0.29, 0.717) is 16.5 Å². The quantitative estimate of drug-likeness (QED) is 0.250. The zero-order valence-electron chi connectivity index (χ0n) is 17.8. The number of benzene rings is 1. The van der Waals surface area contributed by atoms with Crippen LogP contribution in [0, 0.1) is 11.3 Å². The average Bonchev–Trinajstić information content (AvgIpc) is 3.45. The lowest BCUT2D eigenvalue weighted by Crippen LogP contribution is -2.35. The van der Waals surface area contributed by atoms with Crippen LogP contribution < -0.4 is 26.6 Å². The molecule has 5 N–H and O–H groups in total. The number of H-pyrrole nitrogens is 1. The number of nitriles is 1. The molecule has 3 amide bonds. The molecule has 12 nitrogen and oxygen atoms in total. The summed E-state index contributed by atoms with van der Waals surface area (Å²) in [5, 5.41) is 18.7. The molecule has 2 atom stereocenters. The number of fused-ring (bicyclic) bond motifs is 2. The number of rotatable bonds is 3. The second-order valence-electron chi connectivity index (χ2n) is 7.96. The average molecular weight is 495 g/mol. The summed E-state index contributed by atoms with van der Waals surface area (Å²) in [6.07, 6.45) is 1.39. The van der Waals surface area contributed by atoms with Crippen molar-refractivity contribution in [2.24, 2.45) is 0 Å². The summed E-state index contributed by atoms with van der Waals surface area (Å²) >= 11 is 0. The van der Waals surface area contributed by atoms with Crippen LogP contribution in [0.4, 0.5) is 0 Å². The van der Waals surface area contributed by atoms with Crippen molar-refractivity contribution in [1.82, 2.24) is 20.9 Å². The predicted octanol–water partition coefficient (Wildman–Crippen LogP) is -1.51. The van der Waals surface area contributed by atoms with E-state index in [-0.39, 0.29) is 39.6 Å². The lowest BCUT2D eigenvalue weighted by Gasteiger charge is -2.13. The molecule has 3 heterocycles. The number of amides is 3. The second kappa shape index (κ2) is 8.20. The van der Waals surface area contributed by atoms with Gasteiger partial charge in [-0.1, -0.05) is 24.3 Å². The molecule has 5 rings (SSSR count). The van der Waals surface area contributed by atoms with E-state index >= 15 is 0 Å². The molecule has 2 fully saturated rings. The van der Waals surface area contributed by atoms with E-state index in [2.05, 4.69) is 20.9 Å². The summed E-state index contributed by atoms with van der Waals surface area (Å²) in [4.78, 5) is 41.1. The van der Waals surface area contributed by atoms with E-state index in [4.69, 9.17) is 9.29 Å². The van der Waals surface area contributed by atoms with Gasteiger partial charge >= 0.3 is 0 Å². The van der Waals surface area contributed by atoms with Crippen molar-refractivity contribution in [1.29, 1.82) is 5.26 Å². The zero-order chi connectivity index (χ0) is 24.9. The topological polar surface area (TPSA) is 194 Å². The monoisotopic (exact) mass is 495 g/mol. The largest absolute Gasteiger partial charge is 0.352 e. The molecule has 1 aliphatic carbocycles. The number of aromatic amines is 1. The van der Waals surface area contributed by atoms with Crippen LogP contribution in [0.3, 0.4) is 0 Å². The zero-order valence-corrected chi connectivity index (χ0v) is 18.6. The first-order chi connectivity index (χ1) is 16.7. The van der Waals surface area contributed by atoms with Crippen molar-refractivity contribution in [2.45, 2.75) is 25.3 Å². The maximum atomic E-state index is 13.0. The van der Waals surface area contributed by atoms with Crippen molar-refractivity contribution in [3.05, 3.63) is 57.7 Å². The van der Waals surface area contributed by atoms with Gasteiger partial charge in [-0.3, -0.25) is 18.9 Å². The molecule has 2 aliphatic heterocycles. The molecule has 0 bridgehead atoms. The summed E-state index contributed by atoms with van der Waals surface area (Å²) in [6.45, 7) is 0. The fraction of sp³-hybridized carbons (Fsp3) is 0.182. The van der Waals surface area contributed by atoms with Crippen molar-refractivity contribution in [3.8, 4) is 6.07 Å². The Morgan fingerprint density at radius 1 is 1.09 bits per heavy atom. The third kappa shape index (κ3) is 4.10. The minimum Gasteiger partial charge on any atom is -0.352 e. The Morgan fingerprint density at radius 2 is 1.74 bits per heavy atom. The van der Waals surface area contributed by atoms with Gasteiger partial charge in [-0.25, -0.2) is 0 Å². The van der Waals surface area contributed by atoms with Crippen LogP contribution in [0.15, 0.2) is 47.0 Å². The Labute approximate surface area is 197 Å². The lowest BCUT2D eigenvalue weighted by atomic mass is 10.1. The fourth-order valence-corrected chi connectivity index (χ4v) is 4.60. The number of ether oxygens (including phenoxy) is 1. The van der Waals surface area contributed by atoms with Gasteiger partial charge in [-0.2, -0.15) is 13.7 Å². The highest BCUT2D eigenvalue weighted by Crippen LogP contribution is 2.22. The van der Waals surface area contributed by atoms with Crippen molar-refractivity contribution >= 4 is 49.8 Å². The molecule has 2 aromatic rings. The fourth-order valence-electron chi connectivity index (χ4n) is 4.00. The van der Waals surface area contributed by atoms with Gasteiger partial charge < -0.3 is 25.7 Å².